The Balaban J connectivity index is 2.26. The van der Waals surface area contributed by atoms with E-state index in [1.807, 2.05) is 0 Å². The SMILES string of the molecule is COCCS(=O)(=O)NC1CC(O)C1. The normalized spacial score (nSPS) is 28.5. The van der Waals surface area contributed by atoms with Gasteiger partial charge in [-0.2, -0.15) is 0 Å². The molecule has 5 nitrogen and oxygen atoms in total. The second kappa shape index (κ2) is 4.36. The number of methoxy groups -OCH3 is 1. The number of sulfonamides is 1. The largest absolute Gasteiger partial charge is 0.393 e. The fourth-order valence-electron chi connectivity index (χ4n) is 1.19. The molecule has 0 aromatic rings. The van der Waals surface area contributed by atoms with Crippen molar-refractivity contribution in [3.8, 4) is 0 Å². The molecule has 0 heterocycles. The molecular formula is C7H15NO4S. The van der Waals surface area contributed by atoms with Crippen molar-refractivity contribution >= 4 is 10.0 Å². The summed E-state index contributed by atoms with van der Waals surface area (Å²) in [5.41, 5.74) is 0. The van der Waals surface area contributed by atoms with Crippen LogP contribution in [0.25, 0.3) is 0 Å². The maximum atomic E-state index is 11.2. The molecule has 0 atom stereocenters. The Morgan fingerprint density at radius 2 is 2.15 bits per heavy atom. The molecule has 0 unspecified atom stereocenters. The van der Waals surface area contributed by atoms with Crippen molar-refractivity contribution < 1.29 is 18.3 Å². The van der Waals surface area contributed by atoms with Crippen LogP contribution < -0.4 is 4.72 Å². The average Bonchev–Trinajstić information content (AvgIpc) is 1.98. The summed E-state index contributed by atoms with van der Waals surface area (Å²) in [7, 11) is -1.75. The molecule has 0 aromatic carbocycles. The van der Waals surface area contributed by atoms with E-state index in [0.717, 1.165) is 0 Å². The zero-order valence-electron chi connectivity index (χ0n) is 7.56. The summed E-state index contributed by atoms with van der Waals surface area (Å²) in [6, 6.07) is -0.0862. The second-order valence-corrected chi connectivity index (χ2v) is 5.13. The molecule has 1 fully saturated rings. The summed E-state index contributed by atoms with van der Waals surface area (Å²) in [4.78, 5) is 0. The van der Waals surface area contributed by atoms with Crippen molar-refractivity contribution in [2.24, 2.45) is 0 Å². The van der Waals surface area contributed by atoms with Crippen LogP contribution in [0.5, 0.6) is 0 Å². The first-order valence-electron chi connectivity index (χ1n) is 4.20. The Kier molecular flexibility index (Phi) is 3.66. The fraction of sp³-hybridized carbons (Fsp3) is 1.00. The van der Waals surface area contributed by atoms with E-state index < -0.39 is 10.0 Å². The summed E-state index contributed by atoms with van der Waals surface area (Å²) in [5, 5.41) is 8.93. The standard InChI is InChI=1S/C7H15NO4S/c1-12-2-3-13(10,11)8-6-4-7(9)5-6/h6-9H,2-5H2,1H3. The third-order valence-corrected chi connectivity index (χ3v) is 3.41. The lowest BCUT2D eigenvalue weighted by atomic mass is 9.91. The van der Waals surface area contributed by atoms with Crippen LogP contribution in [0.15, 0.2) is 0 Å². The van der Waals surface area contributed by atoms with Crippen molar-refractivity contribution in [2.45, 2.75) is 25.0 Å². The van der Waals surface area contributed by atoms with Crippen LogP contribution in [0.1, 0.15) is 12.8 Å². The van der Waals surface area contributed by atoms with Crippen LogP contribution in [0.4, 0.5) is 0 Å². The molecular weight excluding hydrogens is 194 g/mol. The molecule has 0 aliphatic heterocycles. The lowest BCUT2D eigenvalue weighted by Gasteiger charge is -2.31. The molecule has 1 rings (SSSR count). The fourth-order valence-corrected chi connectivity index (χ4v) is 2.39. The van der Waals surface area contributed by atoms with Crippen LogP contribution in [-0.4, -0.2) is 45.1 Å². The van der Waals surface area contributed by atoms with E-state index in [1.54, 1.807) is 0 Å². The third kappa shape index (κ3) is 3.60. The molecule has 2 N–H and O–H groups in total. The Bertz CT molecular complexity index is 245. The van der Waals surface area contributed by atoms with Gasteiger partial charge in [0.05, 0.1) is 18.5 Å². The van der Waals surface area contributed by atoms with Gasteiger partial charge in [0.25, 0.3) is 0 Å². The summed E-state index contributed by atoms with van der Waals surface area (Å²) >= 11 is 0. The number of hydrogen-bond donors (Lipinski definition) is 2. The lowest BCUT2D eigenvalue weighted by Crippen LogP contribution is -2.47. The predicted molar refractivity (Wildman–Crippen MR) is 47.8 cm³/mol. The Labute approximate surface area is 78.1 Å². The number of rotatable bonds is 5. The second-order valence-electron chi connectivity index (χ2n) is 3.25. The zero-order valence-corrected chi connectivity index (χ0v) is 8.38. The van der Waals surface area contributed by atoms with Crippen LogP contribution in [-0.2, 0) is 14.8 Å². The van der Waals surface area contributed by atoms with E-state index in [9.17, 15) is 8.42 Å². The number of hydrogen-bond acceptors (Lipinski definition) is 4. The quantitative estimate of drug-likeness (QED) is 0.614. The van der Waals surface area contributed by atoms with Crippen molar-refractivity contribution in [1.29, 1.82) is 0 Å². The molecule has 1 aliphatic carbocycles. The molecule has 0 radical (unpaired) electrons. The van der Waals surface area contributed by atoms with E-state index in [4.69, 9.17) is 5.11 Å². The molecule has 78 valence electrons. The highest BCUT2D eigenvalue weighted by Gasteiger charge is 2.30. The third-order valence-electron chi connectivity index (χ3n) is 2.02. The number of aliphatic hydroxyl groups is 1. The summed E-state index contributed by atoms with van der Waals surface area (Å²) < 4.78 is 29.6. The minimum atomic E-state index is -3.21. The maximum absolute atomic E-state index is 11.2. The topological polar surface area (TPSA) is 75.6 Å². The highest BCUT2D eigenvalue weighted by atomic mass is 32.2. The molecule has 0 amide bonds. The Morgan fingerprint density at radius 1 is 1.54 bits per heavy atom. The van der Waals surface area contributed by atoms with Crippen molar-refractivity contribution in [1.82, 2.24) is 4.72 Å². The smallest absolute Gasteiger partial charge is 0.214 e. The van der Waals surface area contributed by atoms with Gasteiger partial charge in [-0.1, -0.05) is 0 Å². The van der Waals surface area contributed by atoms with Gasteiger partial charge in [-0.3, -0.25) is 0 Å². The predicted octanol–water partition coefficient (Wildman–Crippen LogP) is -0.924. The van der Waals surface area contributed by atoms with Gasteiger partial charge in [-0.25, -0.2) is 13.1 Å². The summed E-state index contributed by atoms with van der Waals surface area (Å²) in [6.45, 7) is 0.199. The molecule has 1 saturated carbocycles. The van der Waals surface area contributed by atoms with Gasteiger partial charge in [0.2, 0.25) is 10.0 Å². The first kappa shape index (κ1) is 10.9. The van der Waals surface area contributed by atoms with Gasteiger partial charge in [0.1, 0.15) is 0 Å². The maximum Gasteiger partial charge on any atom is 0.214 e. The molecule has 6 heteroatoms. The molecule has 0 bridgehead atoms. The van der Waals surface area contributed by atoms with E-state index in [-0.39, 0.29) is 24.5 Å². The van der Waals surface area contributed by atoms with E-state index in [0.29, 0.717) is 12.8 Å². The number of nitrogens with one attached hydrogen (secondary N) is 1. The van der Waals surface area contributed by atoms with Gasteiger partial charge in [-0.15, -0.1) is 0 Å². The van der Waals surface area contributed by atoms with Gasteiger partial charge in [0, 0.05) is 13.2 Å². The Morgan fingerprint density at radius 3 is 2.62 bits per heavy atom. The summed E-state index contributed by atoms with van der Waals surface area (Å²) in [5.74, 6) is -0.0178. The zero-order chi connectivity index (χ0) is 9.90. The first-order chi connectivity index (χ1) is 6.03. The molecule has 0 spiro atoms. The van der Waals surface area contributed by atoms with Crippen LogP contribution in [0.3, 0.4) is 0 Å². The van der Waals surface area contributed by atoms with Gasteiger partial charge in [0.15, 0.2) is 0 Å². The average molecular weight is 209 g/mol. The van der Waals surface area contributed by atoms with Crippen LogP contribution >= 0.6 is 0 Å². The molecule has 0 aromatic heterocycles. The minimum Gasteiger partial charge on any atom is -0.393 e. The minimum absolute atomic E-state index is 0.0178. The van der Waals surface area contributed by atoms with E-state index in [2.05, 4.69) is 9.46 Å². The molecule has 13 heavy (non-hydrogen) atoms. The number of ether oxygens (including phenoxy) is 1. The van der Waals surface area contributed by atoms with E-state index >= 15 is 0 Å². The van der Waals surface area contributed by atoms with Crippen LogP contribution in [0.2, 0.25) is 0 Å². The van der Waals surface area contributed by atoms with Crippen molar-refractivity contribution in [2.75, 3.05) is 19.5 Å². The van der Waals surface area contributed by atoms with Crippen molar-refractivity contribution in [3.63, 3.8) is 0 Å². The molecule has 0 saturated heterocycles. The first-order valence-corrected chi connectivity index (χ1v) is 5.86. The van der Waals surface area contributed by atoms with Crippen molar-refractivity contribution in [3.05, 3.63) is 0 Å². The highest BCUT2D eigenvalue weighted by molar-refractivity contribution is 7.89. The van der Waals surface area contributed by atoms with Gasteiger partial charge in [-0.05, 0) is 12.8 Å². The monoisotopic (exact) mass is 209 g/mol. The Hall–Kier alpha value is -0.170. The van der Waals surface area contributed by atoms with E-state index in [1.165, 1.54) is 7.11 Å². The highest BCUT2D eigenvalue weighted by Crippen LogP contribution is 2.19. The molecule has 1 aliphatic rings. The van der Waals surface area contributed by atoms with Crippen LogP contribution in [0, 0.1) is 0 Å². The van der Waals surface area contributed by atoms with Gasteiger partial charge >= 0.3 is 0 Å². The summed E-state index contributed by atoms with van der Waals surface area (Å²) in [6.07, 6.45) is 0.702. The van der Waals surface area contributed by atoms with Gasteiger partial charge < -0.3 is 9.84 Å². The lowest BCUT2D eigenvalue weighted by molar-refractivity contribution is 0.0711. The number of aliphatic hydroxyl groups excluding tert-OH is 1.